The van der Waals surface area contributed by atoms with Gasteiger partial charge in [0, 0.05) is 48.8 Å². The van der Waals surface area contributed by atoms with E-state index in [1.807, 2.05) is 0 Å². The Labute approximate surface area is 217 Å². The molecular formula is C26H34N4NiO4. The third kappa shape index (κ3) is 10.3. The standard InChI is InChI=1S/2C13H17N2O2.Ni/c2*16-12-5-4-10(13(17)7-12)8-14-9-11-3-1-2-6-15-11;/h2*4-5,7-8,11,16-17H,1-3,6,9H2;/q2*-1;+2. The number of aromatic hydroxyl groups is 4. The zero-order chi connectivity index (χ0) is 24.2. The van der Waals surface area contributed by atoms with Gasteiger partial charge >= 0.3 is 16.5 Å². The summed E-state index contributed by atoms with van der Waals surface area (Å²) in [5.74, 6) is 0.215. The van der Waals surface area contributed by atoms with Crippen LogP contribution in [0.15, 0.2) is 46.4 Å². The first kappa shape index (κ1) is 28.6. The van der Waals surface area contributed by atoms with Gasteiger partial charge in [-0.3, -0.25) is 9.98 Å². The first-order valence-corrected chi connectivity index (χ1v) is 11.9. The van der Waals surface area contributed by atoms with Gasteiger partial charge in [-0.05, 0) is 24.3 Å². The molecule has 0 aromatic heterocycles. The minimum absolute atomic E-state index is 0. The molecule has 0 bridgehead atoms. The third-order valence-corrected chi connectivity index (χ3v) is 5.79. The summed E-state index contributed by atoms with van der Waals surface area (Å²) in [5, 5.41) is 46.4. The Balaban J connectivity index is 0.000000240. The van der Waals surface area contributed by atoms with Crippen LogP contribution >= 0.6 is 0 Å². The summed E-state index contributed by atoms with van der Waals surface area (Å²) in [5.41, 5.74) is 1.25. The summed E-state index contributed by atoms with van der Waals surface area (Å²) < 4.78 is 0. The van der Waals surface area contributed by atoms with E-state index in [2.05, 4.69) is 20.6 Å². The fraction of sp³-hybridized carbons (Fsp3) is 0.462. The molecule has 2 fully saturated rings. The van der Waals surface area contributed by atoms with Gasteiger partial charge < -0.3 is 31.1 Å². The molecule has 0 radical (unpaired) electrons. The van der Waals surface area contributed by atoms with E-state index in [4.69, 9.17) is 10.2 Å². The van der Waals surface area contributed by atoms with Crippen LogP contribution in [-0.2, 0) is 16.5 Å². The Kier molecular flexibility index (Phi) is 12.6. The van der Waals surface area contributed by atoms with Gasteiger partial charge in [0.2, 0.25) is 0 Å². The van der Waals surface area contributed by atoms with Crippen LogP contribution in [0.4, 0.5) is 0 Å². The molecular weight excluding hydrogens is 491 g/mol. The first-order chi connectivity index (χ1) is 16.5. The minimum atomic E-state index is 0. The summed E-state index contributed by atoms with van der Waals surface area (Å²) in [4.78, 5) is 8.59. The molecule has 192 valence electrons. The van der Waals surface area contributed by atoms with E-state index < -0.39 is 0 Å². The van der Waals surface area contributed by atoms with Crippen molar-refractivity contribution in [1.82, 2.24) is 0 Å². The van der Waals surface area contributed by atoms with Gasteiger partial charge in [-0.1, -0.05) is 38.5 Å². The van der Waals surface area contributed by atoms with Crippen LogP contribution in [-0.4, -0.2) is 71.1 Å². The Morgan fingerprint density at radius 2 is 1.11 bits per heavy atom. The average Bonchev–Trinajstić information content (AvgIpc) is 2.84. The van der Waals surface area contributed by atoms with Crippen LogP contribution < -0.4 is 0 Å². The summed E-state index contributed by atoms with van der Waals surface area (Å²) in [6.45, 7) is 3.26. The number of hydrogen-bond acceptors (Lipinski definition) is 6. The fourth-order valence-electron chi connectivity index (χ4n) is 3.84. The molecule has 2 aromatic rings. The van der Waals surface area contributed by atoms with E-state index in [9.17, 15) is 10.2 Å². The number of nitrogens with zero attached hydrogens (tertiary/aromatic N) is 4. The molecule has 4 N–H and O–H groups in total. The number of piperidine rings is 2. The van der Waals surface area contributed by atoms with Crippen molar-refractivity contribution in [3.63, 3.8) is 0 Å². The maximum absolute atomic E-state index is 9.55. The predicted octanol–water partition coefficient (Wildman–Crippen LogP) is 4.88. The number of phenolic OH excluding ortho intramolecular Hbond substituents is 4. The van der Waals surface area contributed by atoms with E-state index in [0.29, 0.717) is 36.3 Å². The van der Waals surface area contributed by atoms with Gasteiger partial charge in [-0.25, -0.2) is 0 Å². The molecule has 9 heteroatoms. The van der Waals surface area contributed by atoms with Gasteiger partial charge in [0.25, 0.3) is 0 Å². The number of phenols is 4. The van der Waals surface area contributed by atoms with Crippen molar-refractivity contribution >= 4 is 12.4 Å². The van der Waals surface area contributed by atoms with E-state index in [-0.39, 0.29) is 39.5 Å². The van der Waals surface area contributed by atoms with Crippen LogP contribution in [0.3, 0.4) is 0 Å². The fourth-order valence-corrected chi connectivity index (χ4v) is 3.84. The van der Waals surface area contributed by atoms with Crippen LogP contribution in [0, 0.1) is 0 Å². The predicted molar refractivity (Wildman–Crippen MR) is 136 cm³/mol. The maximum Gasteiger partial charge on any atom is 2.00 e. The van der Waals surface area contributed by atoms with E-state index in [1.165, 1.54) is 49.9 Å². The molecule has 35 heavy (non-hydrogen) atoms. The normalized spacial score (nSPS) is 20.2. The number of rotatable bonds is 6. The summed E-state index contributed by atoms with van der Waals surface area (Å²) >= 11 is 0. The van der Waals surface area contributed by atoms with Crippen molar-refractivity contribution in [3.8, 4) is 23.0 Å². The molecule has 0 aliphatic carbocycles. The second-order valence-corrected chi connectivity index (χ2v) is 8.59. The maximum atomic E-state index is 9.55. The monoisotopic (exact) mass is 524 g/mol. The van der Waals surface area contributed by atoms with Crippen molar-refractivity contribution in [1.29, 1.82) is 0 Å². The third-order valence-electron chi connectivity index (χ3n) is 5.79. The topological polar surface area (TPSA) is 134 Å². The Bertz CT molecular complexity index is 881. The largest absolute Gasteiger partial charge is 2.00 e. The second-order valence-electron chi connectivity index (χ2n) is 8.59. The minimum Gasteiger partial charge on any atom is -0.658 e. The van der Waals surface area contributed by atoms with Crippen molar-refractivity contribution < 1.29 is 36.9 Å². The molecule has 0 spiro atoms. The second kappa shape index (κ2) is 15.4. The Morgan fingerprint density at radius 1 is 0.686 bits per heavy atom. The SMILES string of the molecule is Oc1ccc(C=NCC2CCCC[N-]2)c(O)c1.Oc1ccc(C=NCC2CCCC[N-]2)c(O)c1.[Ni+2]. The molecule has 0 amide bonds. The zero-order valence-corrected chi connectivity index (χ0v) is 20.7. The average molecular weight is 525 g/mol. The van der Waals surface area contributed by atoms with Gasteiger partial charge in [-0.15, -0.1) is 25.2 Å². The summed E-state index contributed by atoms with van der Waals surface area (Å²) in [6, 6.07) is 9.65. The molecule has 2 unspecified atom stereocenters. The Morgan fingerprint density at radius 3 is 1.46 bits per heavy atom. The smallest absolute Gasteiger partial charge is 0.658 e. The Hall–Kier alpha value is -2.61. The molecule has 2 heterocycles. The quantitative estimate of drug-likeness (QED) is 0.316. The summed E-state index contributed by atoms with van der Waals surface area (Å²) in [7, 11) is 0. The van der Waals surface area contributed by atoms with Crippen molar-refractivity contribution in [2.24, 2.45) is 9.98 Å². The van der Waals surface area contributed by atoms with Crippen LogP contribution in [0.1, 0.15) is 49.7 Å². The first-order valence-electron chi connectivity index (χ1n) is 11.9. The van der Waals surface area contributed by atoms with E-state index >= 15 is 0 Å². The molecule has 2 aliphatic rings. The van der Waals surface area contributed by atoms with Gasteiger partial charge in [-0.2, -0.15) is 0 Å². The number of benzene rings is 2. The van der Waals surface area contributed by atoms with Crippen LogP contribution in [0.5, 0.6) is 23.0 Å². The van der Waals surface area contributed by atoms with Crippen molar-refractivity contribution in [2.45, 2.75) is 50.6 Å². The van der Waals surface area contributed by atoms with Crippen LogP contribution in [0.2, 0.25) is 0 Å². The molecule has 8 nitrogen and oxygen atoms in total. The van der Waals surface area contributed by atoms with E-state index in [1.54, 1.807) is 24.6 Å². The van der Waals surface area contributed by atoms with E-state index in [0.717, 1.165) is 25.9 Å². The number of aliphatic imine (C=N–C) groups is 2. The number of hydrogen-bond donors (Lipinski definition) is 4. The molecule has 2 saturated heterocycles. The van der Waals surface area contributed by atoms with Gasteiger partial charge in [0.1, 0.15) is 23.0 Å². The molecule has 0 saturated carbocycles. The molecule has 2 atom stereocenters. The van der Waals surface area contributed by atoms with Gasteiger partial charge in [0.15, 0.2) is 0 Å². The van der Waals surface area contributed by atoms with Crippen LogP contribution in [0.25, 0.3) is 10.6 Å². The van der Waals surface area contributed by atoms with Crippen molar-refractivity contribution in [2.75, 3.05) is 26.2 Å². The molecule has 4 rings (SSSR count). The van der Waals surface area contributed by atoms with Crippen molar-refractivity contribution in [3.05, 3.63) is 58.2 Å². The molecule has 2 aromatic carbocycles. The molecule has 2 aliphatic heterocycles. The van der Waals surface area contributed by atoms with Gasteiger partial charge in [0.05, 0.1) is 0 Å². The zero-order valence-electron chi connectivity index (χ0n) is 19.7. The summed E-state index contributed by atoms with van der Waals surface area (Å²) in [6.07, 6.45) is 10.3.